The molecule has 2 aromatic rings. The fraction of sp³-hybridized carbons (Fsp3) is 0.389. The Morgan fingerprint density at radius 3 is 2.74 bits per heavy atom. The van der Waals surface area contributed by atoms with Gasteiger partial charge in [-0.25, -0.2) is 4.98 Å². The molecular weight excluding hydrogens is 497 g/mol. The van der Waals surface area contributed by atoms with E-state index in [0.29, 0.717) is 24.5 Å². The Hall–Kier alpha value is -1.39. The van der Waals surface area contributed by atoms with Gasteiger partial charge in [0.15, 0.2) is 5.96 Å². The molecule has 1 aromatic carbocycles. The summed E-state index contributed by atoms with van der Waals surface area (Å²) in [6.07, 6.45) is 0.328. The highest BCUT2D eigenvalue weighted by molar-refractivity contribution is 14.0. The van der Waals surface area contributed by atoms with Crippen molar-refractivity contribution in [1.82, 2.24) is 15.2 Å². The van der Waals surface area contributed by atoms with Crippen LogP contribution in [0, 0.1) is 13.8 Å². The zero-order valence-electron chi connectivity index (χ0n) is 15.9. The second kappa shape index (κ2) is 11.5. The number of aliphatic imine (C=N–C) groups is 1. The zero-order chi connectivity index (χ0) is 19.1. The van der Waals surface area contributed by atoms with Crippen LogP contribution in [0.25, 0.3) is 0 Å². The number of halogens is 2. The van der Waals surface area contributed by atoms with Gasteiger partial charge < -0.3 is 15.5 Å². The first kappa shape index (κ1) is 23.6. The Bertz CT molecular complexity index is 796. The number of rotatable bonds is 6. The van der Waals surface area contributed by atoms with Crippen molar-refractivity contribution in [2.45, 2.75) is 26.8 Å². The Kier molecular flexibility index (Phi) is 10.0. The van der Waals surface area contributed by atoms with E-state index in [1.54, 1.807) is 24.5 Å². The number of carbonyl (C=O) groups is 1. The minimum Gasteiger partial charge on any atom is -0.356 e. The molecule has 6 nitrogen and oxygen atoms in total. The number of anilines is 1. The van der Waals surface area contributed by atoms with Crippen LogP contribution in [0.3, 0.4) is 0 Å². The van der Waals surface area contributed by atoms with Crippen LogP contribution in [-0.2, 0) is 11.3 Å². The standard InChI is InChI=1S/C18H24ClN5OS.HI/c1-12-15(19)6-5-7-16(12)23-17(25)8-9-21-18(20-3)24(4)10-14-11-26-13(2)22-14;/h5-7,11H,8-10H2,1-4H3,(H,20,21)(H,23,25);1H. The monoisotopic (exact) mass is 521 g/mol. The van der Waals surface area contributed by atoms with Gasteiger partial charge in [0.25, 0.3) is 0 Å². The second-order valence-corrected chi connectivity index (χ2v) is 7.37. The van der Waals surface area contributed by atoms with Crippen LogP contribution in [0.5, 0.6) is 0 Å². The van der Waals surface area contributed by atoms with E-state index in [4.69, 9.17) is 11.6 Å². The Balaban J connectivity index is 0.00000364. The Morgan fingerprint density at radius 2 is 2.11 bits per heavy atom. The summed E-state index contributed by atoms with van der Waals surface area (Å²) in [4.78, 5) is 22.8. The van der Waals surface area contributed by atoms with Gasteiger partial charge in [-0.3, -0.25) is 9.79 Å². The molecule has 0 radical (unpaired) electrons. The summed E-state index contributed by atoms with van der Waals surface area (Å²) in [5, 5.41) is 9.82. The summed E-state index contributed by atoms with van der Waals surface area (Å²) < 4.78 is 0. The Labute approximate surface area is 186 Å². The number of carbonyl (C=O) groups excluding carboxylic acids is 1. The molecule has 1 aromatic heterocycles. The fourth-order valence-corrected chi connectivity index (χ4v) is 3.21. The zero-order valence-corrected chi connectivity index (χ0v) is 19.8. The number of amides is 1. The molecule has 0 atom stereocenters. The average molecular weight is 522 g/mol. The maximum atomic E-state index is 12.2. The molecule has 1 amide bonds. The van der Waals surface area contributed by atoms with Gasteiger partial charge in [-0.2, -0.15) is 0 Å². The summed E-state index contributed by atoms with van der Waals surface area (Å²) in [5.74, 6) is 0.651. The molecule has 9 heteroatoms. The fourth-order valence-electron chi connectivity index (χ4n) is 2.43. The normalized spacial score (nSPS) is 10.9. The van der Waals surface area contributed by atoms with Gasteiger partial charge in [0.05, 0.1) is 17.2 Å². The van der Waals surface area contributed by atoms with E-state index >= 15 is 0 Å². The third-order valence-electron chi connectivity index (χ3n) is 3.82. The predicted octanol–water partition coefficient (Wildman–Crippen LogP) is 4.07. The van der Waals surface area contributed by atoms with Gasteiger partial charge in [-0.15, -0.1) is 35.3 Å². The van der Waals surface area contributed by atoms with Crippen molar-refractivity contribution in [2.75, 3.05) is 26.0 Å². The first-order valence-electron chi connectivity index (χ1n) is 8.28. The number of guanidine groups is 1. The van der Waals surface area contributed by atoms with Crippen molar-refractivity contribution in [3.63, 3.8) is 0 Å². The molecule has 0 aliphatic carbocycles. The molecule has 0 fully saturated rings. The van der Waals surface area contributed by atoms with E-state index in [-0.39, 0.29) is 29.9 Å². The van der Waals surface area contributed by atoms with Gasteiger partial charge >= 0.3 is 0 Å². The van der Waals surface area contributed by atoms with E-state index < -0.39 is 0 Å². The molecule has 0 saturated carbocycles. The van der Waals surface area contributed by atoms with Crippen molar-refractivity contribution >= 4 is 64.5 Å². The second-order valence-electron chi connectivity index (χ2n) is 5.90. The summed E-state index contributed by atoms with van der Waals surface area (Å²) in [5.41, 5.74) is 2.61. The number of aryl methyl sites for hydroxylation is 1. The summed E-state index contributed by atoms with van der Waals surface area (Å²) in [7, 11) is 3.67. The molecule has 0 saturated heterocycles. The molecule has 2 N–H and O–H groups in total. The van der Waals surface area contributed by atoms with E-state index in [9.17, 15) is 4.79 Å². The van der Waals surface area contributed by atoms with Crippen LogP contribution >= 0.6 is 46.9 Å². The third-order valence-corrected chi connectivity index (χ3v) is 5.05. The molecule has 2 rings (SSSR count). The summed E-state index contributed by atoms with van der Waals surface area (Å²) >= 11 is 7.71. The van der Waals surface area contributed by atoms with Gasteiger partial charge in [0, 0.05) is 43.2 Å². The van der Waals surface area contributed by atoms with Gasteiger partial charge in [0.2, 0.25) is 5.91 Å². The lowest BCUT2D eigenvalue weighted by atomic mass is 10.2. The van der Waals surface area contributed by atoms with Crippen LogP contribution in [0.2, 0.25) is 5.02 Å². The minimum absolute atomic E-state index is 0. The smallest absolute Gasteiger partial charge is 0.226 e. The lowest BCUT2D eigenvalue weighted by Gasteiger charge is -2.21. The molecule has 27 heavy (non-hydrogen) atoms. The van der Waals surface area contributed by atoms with Crippen LogP contribution in [0.15, 0.2) is 28.6 Å². The highest BCUT2D eigenvalue weighted by Gasteiger charge is 2.10. The van der Waals surface area contributed by atoms with Crippen molar-refractivity contribution in [2.24, 2.45) is 4.99 Å². The maximum Gasteiger partial charge on any atom is 0.226 e. The van der Waals surface area contributed by atoms with Crippen LogP contribution in [-0.4, -0.2) is 42.4 Å². The average Bonchev–Trinajstić information content (AvgIpc) is 3.00. The topological polar surface area (TPSA) is 69.6 Å². The minimum atomic E-state index is -0.0731. The lowest BCUT2D eigenvalue weighted by molar-refractivity contribution is -0.116. The SMILES string of the molecule is CN=C(NCCC(=O)Nc1cccc(Cl)c1C)N(C)Cc1csc(C)n1.I. The molecule has 0 aliphatic heterocycles. The van der Waals surface area contributed by atoms with Crippen molar-refractivity contribution < 1.29 is 4.79 Å². The molecule has 1 heterocycles. The number of benzene rings is 1. The molecule has 0 unspecified atom stereocenters. The summed E-state index contributed by atoms with van der Waals surface area (Å²) in [6, 6.07) is 5.47. The van der Waals surface area contributed by atoms with Gasteiger partial charge in [0.1, 0.15) is 0 Å². The van der Waals surface area contributed by atoms with Gasteiger partial charge in [-0.1, -0.05) is 17.7 Å². The number of hydrogen-bond acceptors (Lipinski definition) is 4. The molecule has 0 aliphatic rings. The highest BCUT2D eigenvalue weighted by Crippen LogP contribution is 2.22. The maximum absolute atomic E-state index is 12.2. The molecule has 0 spiro atoms. The highest BCUT2D eigenvalue weighted by atomic mass is 127. The molecular formula is C18H25ClIN5OS. The number of aromatic nitrogens is 1. The predicted molar refractivity (Wildman–Crippen MR) is 125 cm³/mol. The van der Waals surface area contributed by atoms with Crippen molar-refractivity contribution in [3.05, 3.63) is 44.9 Å². The van der Waals surface area contributed by atoms with Crippen molar-refractivity contribution in [3.8, 4) is 0 Å². The van der Waals surface area contributed by atoms with E-state index in [2.05, 4.69) is 20.6 Å². The largest absolute Gasteiger partial charge is 0.356 e. The summed E-state index contributed by atoms with van der Waals surface area (Å²) in [6.45, 7) is 5.02. The Morgan fingerprint density at radius 1 is 1.37 bits per heavy atom. The van der Waals surface area contributed by atoms with Gasteiger partial charge in [-0.05, 0) is 31.5 Å². The van der Waals surface area contributed by atoms with E-state index in [0.717, 1.165) is 27.9 Å². The first-order chi connectivity index (χ1) is 12.4. The van der Waals surface area contributed by atoms with Crippen molar-refractivity contribution in [1.29, 1.82) is 0 Å². The van der Waals surface area contributed by atoms with E-state index in [1.165, 1.54) is 0 Å². The molecule has 0 bridgehead atoms. The quantitative estimate of drug-likeness (QED) is 0.342. The van der Waals surface area contributed by atoms with Crippen LogP contribution in [0.1, 0.15) is 22.7 Å². The molecule has 148 valence electrons. The lowest BCUT2D eigenvalue weighted by Crippen LogP contribution is -2.39. The van der Waals surface area contributed by atoms with Crippen LogP contribution in [0.4, 0.5) is 5.69 Å². The number of thiazole rings is 1. The first-order valence-corrected chi connectivity index (χ1v) is 9.54. The number of nitrogens with one attached hydrogen (secondary N) is 2. The number of nitrogens with zero attached hydrogens (tertiary/aromatic N) is 3. The third kappa shape index (κ3) is 7.27. The van der Waals surface area contributed by atoms with E-state index in [1.807, 2.05) is 43.3 Å². The van der Waals surface area contributed by atoms with Crippen LogP contribution < -0.4 is 10.6 Å². The number of hydrogen-bond donors (Lipinski definition) is 2.